The standard InChI is InChI=1S/C8H7NO2S/c10-8-6-3-1-2-4-7(6)12(11)5-9-8/h1-5,11H,(H,9,10). The van der Waals surface area contributed by atoms with Crippen molar-refractivity contribution in [2.45, 2.75) is 0 Å². The second-order valence-corrected chi connectivity index (χ2v) is 3.65. The fraction of sp³-hybridized carbons (Fsp3) is 0. The molecule has 1 aromatic carbocycles. The maximum atomic E-state index is 9.43. The molecule has 1 atom stereocenters. The molecule has 2 N–H and O–H groups in total. The summed E-state index contributed by atoms with van der Waals surface area (Å²) < 4.78 is 10.2. The van der Waals surface area contributed by atoms with Gasteiger partial charge in [0.1, 0.15) is 0 Å². The summed E-state index contributed by atoms with van der Waals surface area (Å²) in [4.78, 5) is 3.66. The van der Waals surface area contributed by atoms with Crippen LogP contribution < -0.4 is 5.22 Å². The van der Waals surface area contributed by atoms with E-state index >= 15 is 0 Å². The third-order valence-electron chi connectivity index (χ3n) is 1.63. The van der Waals surface area contributed by atoms with Gasteiger partial charge in [0.05, 0.1) is 10.8 Å². The number of rotatable bonds is 0. The van der Waals surface area contributed by atoms with Gasteiger partial charge in [-0.25, -0.2) is 4.99 Å². The summed E-state index contributed by atoms with van der Waals surface area (Å²) in [5.41, 5.74) is 1.34. The van der Waals surface area contributed by atoms with Crippen LogP contribution >= 0.6 is 10.8 Å². The van der Waals surface area contributed by atoms with Crippen LogP contribution in [0.25, 0.3) is 5.88 Å². The normalized spacial score (nSPS) is 20.8. The molecular weight excluding hydrogens is 174 g/mol. The smallest absolute Gasteiger partial charge is 0.219 e. The van der Waals surface area contributed by atoms with Crippen molar-refractivity contribution in [3.05, 3.63) is 34.0 Å². The first-order chi connectivity index (χ1) is 5.79. The quantitative estimate of drug-likeness (QED) is 0.593. The van der Waals surface area contributed by atoms with E-state index in [0.29, 0.717) is 5.22 Å². The van der Waals surface area contributed by atoms with Crippen molar-refractivity contribution in [2.75, 3.05) is 0 Å². The third kappa shape index (κ3) is 1.05. The molecule has 0 aromatic heterocycles. The molecule has 1 aliphatic rings. The van der Waals surface area contributed by atoms with E-state index in [4.69, 9.17) is 0 Å². The zero-order valence-corrected chi connectivity index (χ0v) is 6.95. The minimum atomic E-state index is -0.958. The van der Waals surface area contributed by atoms with Gasteiger partial charge in [0.2, 0.25) is 5.88 Å². The minimum absolute atomic E-state index is 0.0246. The number of aliphatic imine (C=N–C) groups is 1. The predicted octanol–water partition coefficient (Wildman–Crippen LogP) is 1.34. The highest BCUT2D eigenvalue weighted by molar-refractivity contribution is 8.16. The fourth-order valence-electron chi connectivity index (χ4n) is 1.06. The average Bonchev–Trinajstić information content (AvgIpc) is 2.12. The summed E-state index contributed by atoms with van der Waals surface area (Å²) in [6.07, 6.45) is 0. The lowest BCUT2D eigenvalue weighted by molar-refractivity contribution is 0.493. The van der Waals surface area contributed by atoms with Crippen molar-refractivity contribution in [3.63, 3.8) is 0 Å². The highest BCUT2D eigenvalue weighted by Gasteiger charge is 2.00. The number of hydrogen-bond donors (Lipinski definition) is 2. The van der Waals surface area contributed by atoms with Crippen LogP contribution in [0, 0.1) is 4.51 Å². The number of fused-ring (bicyclic) bond motifs is 1. The van der Waals surface area contributed by atoms with Gasteiger partial charge < -0.3 is 9.66 Å². The lowest BCUT2D eigenvalue weighted by atomic mass is 10.3. The van der Waals surface area contributed by atoms with Crippen molar-refractivity contribution in [1.29, 1.82) is 0 Å². The van der Waals surface area contributed by atoms with Crippen LogP contribution in [-0.2, 0) is 0 Å². The van der Waals surface area contributed by atoms with E-state index < -0.39 is 10.8 Å². The number of benzene rings is 1. The van der Waals surface area contributed by atoms with Gasteiger partial charge in [-0.2, -0.15) is 0 Å². The van der Waals surface area contributed by atoms with Gasteiger partial charge >= 0.3 is 0 Å². The molecule has 0 saturated carbocycles. The molecule has 62 valence electrons. The molecule has 0 saturated heterocycles. The monoisotopic (exact) mass is 181 g/mol. The van der Waals surface area contributed by atoms with Gasteiger partial charge in [-0.1, -0.05) is 12.1 Å². The summed E-state index contributed by atoms with van der Waals surface area (Å²) in [6, 6.07) is 7.13. The van der Waals surface area contributed by atoms with Crippen LogP contribution in [0.2, 0.25) is 0 Å². The minimum Gasteiger partial charge on any atom is -0.493 e. The highest BCUT2D eigenvalue weighted by Crippen LogP contribution is 2.11. The molecular formula is C8H7NO2S. The molecule has 0 aliphatic carbocycles. The average molecular weight is 181 g/mol. The van der Waals surface area contributed by atoms with Crippen LogP contribution in [0.1, 0.15) is 0 Å². The summed E-state index contributed by atoms with van der Waals surface area (Å²) >= 11 is 0. The SMILES string of the molecule is OC1=c2ccccc2=S(O)C=N1. The second-order valence-electron chi connectivity index (χ2n) is 2.37. The Kier molecular flexibility index (Phi) is 1.71. The van der Waals surface area contributed by atoms with Gasteiger partial charge in [-0.3, -0.25) is 0 Å². The molecule has 2 rings (SSSR count). The van der Waals surface area contributed by atoms with Crippen molar-refractivity contribution in [1.82, 2.24) is 0 Å². The summed E-state index contributed by atoms with van der Waals surface area (Å²) in [5, 5.41) is 9.91. The maximum Gasteiger partial charge on any atom is 0.219 e. The molecule has 12 heavy (non-hydrogen) atoms. The predicted molar refractivity (Wildman–Crippen MR) is 49.7 cm³/mol. The van der Waals surface area contributed by atoms with E-state index in [-0.39, 0.29) is 5.88 Å². The zero-order valence-electron chi connectivity index (χ0n) is 6.14. The first kappa shape index (κ1) is 7.52. The van der Waals surface area contributed by atoms with E-state index in [2.05, 4.69) is 4.99 Å². The highest BCUT2D eigenvalue weighted by atomic mass is 32.2. The van der Waals surface area contributed by atoms with Crippen LogP contribution in [-0.4, -0.2) is 15.2 Å². The molecule has 0 radical (unpaired) electrons. The summed E-state index contributed by atoms with van der Waals surface area (Å²) in [6.45, 7) is 0. The third-order valence-corrected chi connectivity index (χ3v) is 2.74. The lowest BCUT2D eigenvalue weighted by Gasteiger charge is -2.01. The molecule has 0 spiro atoms. The largest absolute Gasteiger partial charge is 0.493 e. The van der Waals surface area contributed by atoms with E-state index in [9.17, 15) is 9.66 Å². The maximum absolute atomic E-state index is 9.43. The number of nitrogens with zero attached hydrogens (tertiary/aromatic N) is 1. The van der Waals surface area contributed by atoms with Gasteiger partial charge in [-0.15, -0.1) is 0 Å². The van der Waals surface area contributed by atoms with Crippen LogP contribution in [0.15, 0.2) is 29.3 Å². The molecule has 1 aliphatic heterocycles. The van der Waals surface area contributed by atoms with Gasteiger partial charge in [0.25, 0.3) is 0 Å². The van der Waals surface area contributed by atoms with Crippen LogP contribution in [0.4, 0.5) is 0 Å². The molecule has 3 nitrogen and oxygen atoms in total. The van der Waals surface area contributed by atoms with E-state index in [1.807, 2.05) is 6.07 Å². The van der Waals surface area contributed by atoms with Crippen LogP contribution in [0.5, 0.6) is 0 Å². The van der Waals surface area contributed by atoms with E-state index in [1.165, 1.54) is 5.55 Å². The van der Waals surface area contributed by atoms with Crippen molar-refractivity contribution in [3.8, 4) is 0 Å². The van der Waals surface area contributed by atoms with Crippen LogP contribution in [0.3, 0.4) is 0 Å². The first-order valence-corrected chi connectivity index (χ1v) is 4.65. The fourth-order valence-corrected chi connectivity index (χ4v) is 1.98. The number of hydrogen-bond acceptors (Lipinski definition) is 3. The van der Waals surface area contributed by atoms with E-state index in [0.717, 1.165) is 4.51 Å². The Hall–Kier alpha value is -1.13. The van der Waals surface area contributed by atoms with Gasteiger partial charge in [0, 0.05) is 4.51 Å². The second kappa shape index (κ2) is 2.73. The molecule has 0 bridgehead atoms. The van der Waals surface area contributed by atoms with Gasteiger partial charge in [-0.05, 0) is 22.9 Å². The molecule has 0 amide bonds. The summed E-state index contributed by atoms with van der Waals surface area (Å²) in [5.74, 6) is -0.0246. The van der Waals surface area contributed by atoms with Crippen molar-refractivity contribution < 1.29 is 9.66 Å². The van der Waals surface area contributed by atoms with E-state index in [1.54, 1.807) is 18.2 Å². The molecule has 4 heteroatoms. The molecule has 1 heterocycles. The Morgan fingerprint density at radius 2 is 2.00 bits per heavy atom. The Morgan fingerprint density at radius 3 is 2.75 bits per heavy atom. The number of aliphatic hydroxyl groups excluding tert-OH is 1. The Labute approximate surface area is 71.5 Å². The first-order valence-electron chi connectivity index (χ1n) is 3.41. The lowest BCUT2D eigenvalue weighted by Crippen LogP contribution is -2.09. The zero-order chi connectivity index (χ0) is 8.55. The van der Waals surface area contributed by atoms with Crippen molar-refractivity contribution in [2.24, 2.45) is 4.99 Å². The van der Waals surface area contributed by atoms with Crippen molar-refractivity contribution >= 4 is 22.2 Å². The topological polar surface area (TPSA) is 52.8 Å². The van der Waals surface area contributed by atoms with Gasteiger partial charge in [0.15, 0.2) is 0 Å². The Bertz CT molecular complexity index is 421. The summed E-state index contributed by atoms with van der Waals surface area (Å²) in [7, 11) is -0.958. The molecule has 0 fully saturated rings. The molecule has 1 aromatic rings. The number of aliphatic hydroxyl groups is 1. The Morgan fingerprint density at radius 1 is 1.25 bits per heavy atom. The molecule has 1 unspecified atom stereocenters. The Balaban J connectivity index is 3.02.